The summed E-state index contributed by atoms with van der Waals surface area (Å²) in [6, 6.07) is 9.84. The lowest BCUT2D eigenvalue weighted by atomic mass is 10.1. The van der Waals surface area contributed by atoms with E-state index >= 15 is 0 Å². The average Bonchev–Trinajstić information content (AvgIpc) is 3.18. The van der Waals surface area contributed by atoms with Crippen LogP contribution in [0.5, 0.6) is 0 Å². The maximum absolute atomic E-state index is 10.2. The largest absolute Gasteiger partial charge is 0.394 e. The van der Waals surface area contributed by atoms with E-state index in [2.05, 4.69) is 27.6 Å². The van der Waals surface area contributed by atoms with Crippen molar-refractivity contribution in [3.8, 4) is 0 Å². The van der Waals surface area contributed by atoms with Gasteiger partial charge < -0.3 is 20.7 Å². The summed E-state index contributed by atoms with van der Waals surface area (Å²) in [5.41, 5.74) is 8.11. The predicted molar refractivity (Wildman–Crippen MR) is 98.8 cm³/mol. The van der Waals surface area contributed by atoms with Crippen LogP contribution in [-0.4, -0.2) is 53.8 Å². The van der Waals surface area contributed by atoms with Crippen molar-refractivity contribution in [2.45, 2.75) is 30.1 Å². The van der Waals surface area contributed by atoms with Gasteiger partial charge in [0, 0.05) is 6.42 Å². The molecule has 0 unspecified atom stereocenters. The summed E-state index contributed by atoms with van der Waals surface area (Å²) in [5, 5.41) is 19.0. The highest BCUT2D eigenvalue weighted by atomic mass is 32.1. The van der Waals surface area contributed by atoms with E-state index in [-0.39, 0.29) is 12.4 Å². The fourth-order valence-corrected chi connectivity index (χ4v) is 3.54. The topological polar surface area (TPSA) is 119 Å². The number of nitrogen functional groups attached to an aromatic ring is 1. The van der Waals surface area contributed by atoms with Gasteiger partial charge in [-0.15, -0.1) is 0 Å². The predicted octanol–water partition coefficient (Wildman–Crippen LogP) is 0.548. The quantitative estimate of drug-likeness (QED) is 0.493. The molecule has 1 aliphatic rings. The highest BCUT2D eigenvalue weighted by Crippen LogP contribution is 2.35. The third-order valence-corrected chi connectivity index (χ3v) is 5.05. The number of benzene rings is 1. The Balaban J connectivity index is 1.73. The summed E-state index contributed by atoms with van der Waals surface area (Å²) in [4.78, 5) is 13.2. The smallest absolute Gasteiger partial charge is 0.167 e. The molecule has 0 spiro atoms. The molecule has 3 heterocycles. The molecule has 4 atom stereocenters. The molecule has 1 aliphatic heterocycles. The van der Waals surface area contributed by atoms with Crippen LogP contribution in [0.2, 0.25) is 0 Å². The van der Waals surface area contributed by atoms with Crippen molar-refractivity contribution in [3.05, 3.63) is 48.0 Å². The number of anilines is 1. The molecule has 4 N–H and O–H groups in total. The Morgan fingerprint density at radius 2 is 2.00 bits per heavy atom. The molecule has 136 valence electrons. The van der Waals surface area contributed by atoms with Crippen molar-refractivity contribution >= 4 is 29.6 Å². The van der Waals surface area contributed by atoms with Crippen molar-refractivity contribution in [2.24, 2.45) is 0 Å². The Morgan fingerprint density at radius 1 is 1.23 bits per heavy atom. The van der Waals surface area contributed by atoms with Gasteiger partial charge in [-0.3, -0.25) is 4.57 Å². The van der Waals surface area contributed by atoms with E-state index in [1.807, 2.05) is 30.3 Å². The van der Waals surface area contributed by atoms with Crippen LogP contribution >= 0.6 is 12.6 Å². The van der Waals surface area contributed by atoms with Crippen LogP contribution in [0, 0.1) is 0 Å². The summed E-state index contributed by atoms with van der Waals surface area (Å²) >= 11 is 4.43. The Hall–Kier alpha value is -2.20. The number of ether oxygens (including phenoxy) is 1. The normalized spacial score (nSPS) is 25.8. The molecule has 1 saturated heterocycles. The molecular formula is C17H19N5O3S. The highest BCUT2D eigenvalue weighted by molar-refractivity contribution is 7.81. The van der Waals surface area contributed by atoms with Crippen LogP contribution in [0.15, 0.2) is 36.7 Å². The summed E-state index contributed by atoms with van der Waals surface area (Å²) in [6.45, 7) is -0.294. The van der Waals surface area contributed by atoms with Gasteiger partial charge in [-0.25, -0.2) is 15.0 Å². The van der Waals surface area contributed by atoms with Crippen LogP contribution < -0.4 is 5.73 Å². The zero-order valence-corrected chi connectivity index (χ0v) is 14.7. The van der Waals surface area contributed by atoms with E-state index in [4.69, 9.17) is 10.5 Å². The van der Waals surface area contributed by atoms with Gasteiger partial charge in [0.2, 0.25) is 0 Å². The zero-order chi connectivity index (χ0) is 18.3. The Kier molecular flexibility index (Phi) is 4.53. The van der Waals surface area contributed by atoms with E-state index in [1.165, 1.54) is 0 Å². The second-order valence-electron chi connectivity index (χ2n) is 6.24. The van der Waals surface area contributed by atoms with Crippen LogP contribution in [0.1, 0.15) is 17.6 Å². The number of fused-ring (bicyclic) bond motifs is 1. The van der Waals surface area contributed by atoms with E-state index in [1.54, 1.807) is 10.9 Å². The van der Waals surface area contributed by atoms with Gasteiger partial charge in [-0.2, -0.15) is 12.6 Å². The number of rotatable bonds is 4. The fraction of sp³-hybridized carbons (Fsp3) is 0.353. The number of aliphatic hydroxyl groups excluding tert-OH is 2. The molecule has 1 aromatic carbocycles. The highest BCUT2D eigenvalue weighted by Gasteiger charge is 2.43. The molecule has 0 aliphatic carbocycles. The van der Waals surface area contributed by atoms with Gasteiger partial charge >= 0.3 is 0 Å². The first-order chi connectivity index (χ1) is 12.6. The number of imidazole rings is 1. The average molecular weight is 373 g/mol. The summed E-state index contributed by atoms with van der Waals surface area (Å²) in [7, 11) is 0. The van der Waals surface area contributed by atoms with Gasteiger partial charge in [-0.1, -0.05) is 30.3 Å². The Bertz CT molecular complexity index is 919. The van der Waals surface area contributed by atoms with Gasteiger partial charge in [0.05, 0.1) is 24.3 Å². The van der Waals surface area contributed by atoms with Crippen LogP contribution in [0.25, 0.3) is 11.2 Å². The number of hydrogen-bond donors (Lipinski definition) is 4. The molecule has 0 saturated carbocycles. The number of nitrogens with two attached hydrogens (primary N) is 1. The van der Waals surface area contributed by atoms with E-state index in [0.717, 1.165) is 5.56 Å². The van der Waals surface area contributed by atoms with E-state index in [0.29, 0.717) is 23.4 Å². The zero-order valence-electron chi connectivity index (χ0n) is 13.8. The van der Waals surface area contributed by atoms with Gasteiger partial charge in [0.15, 0.2) is 17.7 Å². The first-order valence-corrected chi connectivity index (χ1v) is 8.75. The molecule has 0 amide bonds. The van der Waals surface area contributed by atoms with Gasteiger partial charge in [-0.05, 0) is 5.56 Å². The van der Waals surface area contributed by atoms with Crippen molar-refractivity contribution < 1.29 is 14.9 Å². The number of aliphatic hydroxyl groups is 2. The van der Waals surface area contributed by atoms with Crippen molar-refractivity contribution in [3.63, 3.8) is 0 Å². The molecular weight excluding hydrogens is 354 g/mol. The lowest BCUT2D eigenvalue weighted by Crippen LogP contribution is -2.30. The number of thiol groups is 1. The number of hydrogen-bond acceptors (Lipinski definition) is 8. The number of nitrogens with zero attached hydrogens (tertiary/aromatic N) is 4. The summed E-state index contributed by atoms with van der Waals surface area (Å²) in [5.74, 6) is 0.851. The minimum absolute atomic E-state index is 0.285. The van der Waals surface area contributed by atoms with E-state index in [9.17, 15) is 10.2 Å². The molecule has 2 aromatic heterocycles. The van der Waals surface area contributed by atoms with Crippen LogP contribution in [0.4, 0.5) is 5.82 Å². The molecule has 4 rings (SSSR count). The molecule has 8 nitrogen and oxygen atoms in total. The molecule has 0 radical (unpaired) electrons. The fourth-order valence-electron chi connectivity index (χ4n) is 3.14. The van der Waals surface area contributed by atoms with Gasteiger partial charge in [0.1, 0.15) is 17.4 Å². The monoisotopic (exact) mass is 373 g/mol. The first-order valence-electron chi connectivity index (χ1n) is 8.23. The standard InChI is InChI=1S/C17H19N5O3S/c18-15-12-16(21-11(20-15)6-9-4-2-1-3-5-9)22(8-19-12)17-14(26)13(24)10(7-23)25-17/h1-5,8,10,13-14,17,23-24,26H,6-7H2,(H2,18,20,21)/t10-,13-,14-,17-/m1/s1. The maximum Gasteiger partial charge on any atom is 0.167 e. The summed E-state index contributed by atoms with van der Waals surface area (Å²) in [6.07, 6.45) is -0.141. The van der Waals surface area contributed by atoms with E-state index < -0.39 is 23.7 Å². The second-order valence-corrected chi connectivity index (χ2v) is 6.84. The van der Waals surface area contributed by atoms with Crippen molar-refractivity contribution in [1.82, 2.24) is 19.5 Å². The third-order valence-electron chi connectivity index (χ3n) is 4.49. The first kappa shape index (κ1) is 17.2. The molecule has 0 bridgehead atoms. The molecule has 9 heteroatoms. The maximum atomic E-state index is 10.2. The summed E-state index contributed by atoms with van der Waals surface area (Å²) < 4.78 is 7.41. The van der Waals surface area contributed by atoms with Crippen LogP contribution in [-0.2, 0) is 11.2 Å². The Morgan fingerprint density at radius 3 is 2.69 bits per heavy atom. The minimum atomic E-state index is -0.895. The molecule has 1 fully saturated rings. The lowest BCUT2D eigenvalue weighted by Gasteiger charge is -2.17. The molecule has 26 heavy (non-hydrogen) atoms. The van der Waals surface area contributed by atoms with Crippen molar-refractivity contribution in [1.29, 1.82) is 0 Å². The van der Waals surface area contributed by atoms with Gasteiger partial charge in [0.25, 0.3) is 0 Å². The second kappa shape index (κ2) is 6.84. The van der Waals surface area contributed by atoms with Crippen molar-refractivity contribution in [2.75, 3.05) is 12.3 Å². The SMILES string of the molecule is Nc1nc(Cc2ccccc2)nc2c1ncn2[C@@H]1O[C@H](CO)[C@@H](O)[C@H]1S. The Labute approximate surface area is 155 Å². The minimum Gasteiger partial charge on any atom is -0.394 e. The third kappa shape index (κ3) is 2.92. The lowest BCUT2D eigenvalue weighted by molar-refractivity contribution is -0.0430. The number of aromatic nitrogens is 4. The molecule has 3 aromatic rings. The van der Waals surface area contributed by atoms with Crippen LogP contribution in [0.3, 0.4) is 0 Å².